The summed E-state index contributed by atoms with van der Waals surface area (Å²) in [4.78, 5) is 4.01. The minimum atomic E-state index is -0.0322. The summed E-state index contributed by atoms with van der Waals surface area (Å²) in [7, 11) is 1.80. The molecule has 0 saturated carbocycles. The van der Waals surface area contributed by atoms with Crippen LogP contribution < -0.4 is 0 Å². The summed E-state index contributed by atoms with van der Waals surface area (Å²) in [6, 6.07) is 0. The third-order valence-corrected chi connectivity index (χ3v) is 4.06. The third-order valence-electron chi connectivity index (χ3n) is 4.06. The van der Waals surface area contributed by atoms with Crippen LogP contribution in [0.2, 0.25) is 0 Å². The number of rotatable bonds is 8. The zero-order valence-corrected chi connectivity index (χ0v) is 15.1. The molecule has 0 radical (unpaired) electrons. The first-order valence-corrected chi connectivity index (χ1v) is 8.69. The summed E-state index contributed by atoms with van der Waals surface area (Å²) in [6.45, 7) is 6.40. The predicted octanol–water partition coefficient (Wildman–Crippen LogP) is 3.87. The SMILES string of the molecule is CN=CC/C(C)=C/C=C(\C)c1cnn(CCOC2CCCCO2)c1. The number of allylic oxidation sites excluding steroid dienone is 4. The van der Waals surface area contributed by atoms with Crippen LogP contribution in [-0.2, 0) is 16.0 Å². The van der Waals surface area contributed by atoms with Crippen molar-refractivity contribution in [3.63, 3.8) is 0 Å². The second-order valence-electron chi connectivity index (χ2n) is 6.17. The lowest BCUT2D eigenvalue weighted by atomic mass is 10.1. The molecule has 1 fully saturated rings. The quantitative estimate of drug-likeness (QED) is 0.537. The highest BCUT2D eigenvalue weighted by atomic mass is 16.7. The fraction of sp³-hybridized carbons (Fsp3) is 0.579. The molecule has 1 unspecified atom stereocenters. The zero-order valence-electron chi connectivity index (χ0n) is 15.1. The minimum absolute atomic E-state index is 0.0322. The Balaban J connectivity index is 1.80. The van der Waals surface area contributed by atoms with Crippen molar-refractivity contribution in [3.8, 4) is 0 Å². The molecule has 5 heteroatoms. The van der Waals surface area contributed by atoms with Crippen molar-refractivity contribution in [2.45, 2.75) is 52.4 Å². The summed E-state index contributed by atoms with van der Waals surface area (Å²) in [5.41, 5.74) is 3.62. The van der Waals surface area contributed by atoms with E-state index in [4.69, 9.17) is 9.47 Å². The molecule has 1 aliphatic heterocycles. The Kier molecular flexibility index (Phi) is 7.92. The van der Waals surface area contributed by atoms with Gasteiger partial charge < -0.3 is 14.5 Å². The monoisotopic (exact) mass is 331 g/mol. The molecule has 5 nitrogen and oxygen atoms in total. The molecular formula is C19H29N3O2. The van der Waals surface area contributed by atoms with Gasteiger partial charge >= 0.3 is 0 Å². The fourth-order valence-electron chi connectivity index (χ4n) is 2.48. The van der Waals surface area contributed by atoms with Crippen molar-refractivity contribution in [2.24, 2.45) is 4.99 Å². The van der Waals surface area contributed by atoms with Gasteiger partial charge in [-0.3, -0.25) is 4.68 Å². The molecule has 1 aliphatic rings. The third kappa shape index (κ3) is 6.42. The summed E-state index contributed by atoms with van der Waals surface area (Å²) in [6.07, 6.45) is 14.3. The van der Waals surface area contributed by atoms with Gasteiger partial charge in [0.1, 0.15) is 0 Å². The molecule has 2 heterocycles. The maximum atomic E-state index is 5.75. The van der Waals surface area contributed by atoms with Gasteiger partial charge in [0.25, 0.3) is 0 Å². The minimum Gasteiger partial charge on any atom is -0.353 e. The molecule has 0 amide bonds. The first-order valence-electron chi connectivity index (χ1n) is 8.69. The summed E-state index contributed by atoms with van der Waals surface area (Å²) >= 11 is 0. The smallest absolute Gasteiger partial charge is 0.157 e. The Bertz CT molecular complexity index is 581. The Morgan fingerprint density at radius 1 is 1.42 bits per heavy atom. The van der Waals surface area contributed by atoms with Crippen LogP contribution >= 0.6 is 0 Å². The summed E-state index contributed by atoms with van der Waals surface area (Å²) < 4.78 is 13.2. The van der Waals surface area contributed by atoms with Crippen molar-refractivity contribution in [3.05, 3.63) is 35.7 Å². The molecule has 1 aromatic rings. The van der Waals surface area contributed by atoms with E-state index in [1.165, 1.54) is 17.6 Å². The van der Waals surface area contributed by atoms with Crippen LogP contribution in [-0.4, -0.2) is 42.5 Å². The van der Waals surface area contributed by atoms with Crippen LogP contribution in [0.1, 0.15) is 45.1 Å². The molecule has 0 aliphatic carbocycles. The van der Waals surface area contributed by atoms with Crippen LogP contribution in [0, 0.1) is 0 Å². The van der Waals surface area contributed by atoms with Crippen molar-refractivity contribution >= 4 is 11.8 Å². The van der Waals surface area contributed by atoms with Gasteiger partial charge in [-0.2, -0.15) is 5.10 Å². The second-order valence-corrected chi connectivity index (χ2v) is 6.17. The van der Waals surface area contributed by atoms with Crippen molar-refractivity contribution in [1.29, 1.82) is 0 Å². The van der Waals surface area contributed by atoms with Gasteiger partial charge in [0.2, 0.25) is 0 Å². The van der Waals surface area contributed by atoms with Gasteiger partial charge in [0, 0.05) is 38.1 Å². The number of hydrogen-bond donors (Lipinski definition) is 0. The van der Waals surface area contributed by atoms with Gasteiger partial charge in [-0.25, -0.2) is 0 Å². The Hall–Kier alpha value is -1.72. The maximum Gasteiger partial charge on any atom is 0.157 e. The van der Waals surface area contributed by atoms with E-state index >= 15 is 0 Å². The maximum absolute atomic E-state index is 5.75. The number of ether oxygens (including phenoxy) is 2. The fourth-order valence-corrected chi connectivity index (χ4v) is 2.48. The lowest BCUT2D eigenvalue weighted by Gasteiger charge is -2.22. The van der Waals surface area contributed by atoms with Crippen molar-refractivity contribution < 1.29 is 9.47 Å². The van der Waals surface area contributed by atoms with Crippen LogP contribution in [0.5, 0.6) is 0 Å². The number of aliphatic imine (C=N–C) groups is 1. The van der Waals surface area contributed by atoms with Gasteiger partial charge in [-0.1, -0.05) is 17.7 Å². The summed E-state index contributed by atoms with van der Waals surface area (Å²) in [5, 5.41) is 4.41. The van der Waals surface area contributed by atoms with Crippen LogP contribution in [0.3, 0.4) is 0 Å². The standard InChI is InChI=1S/C19H29N3O2/c1-16(9-10-20-3)7-8-17(2)18-14-21-22(15-18)11-13-24-19-6-4-5-12-23-19/h7-8,10,14-15,19H,4-6,9,11-13H2,1-3H3/b16-7+,17-8+,20-10?. The number of aromatic nitrogens is 2. The highest BCUT2D eigenvalue weighted by molar-refractivity contribution is 5.65. The second kappa shape index (κ2) is 10.2. The average Bonchev–Trinajstić information content (AvgIpc) is 3.08. The summed E-state index contributed by atoms with van der Waals surface area (Å²) in [5.74, 6) is 0. The van der Waals surface area contributed by atoms with E-state index < -0.39 is 0 Å². The molecule has 2 rings (SSSR count). The van der Waals surface area contributed by atoms with Gasteiger partial charge in [0.05, 0.1) is 19.3 Å². The largest absolute Gasteiger partial charge is 0.353 e. The molecule has 1 atom stereocenters. The first-order chi connectivity index (χ1) is 11.7. The lowest BCUT2D eigenvalue weighted by Crippen LogP contribution is -2.24. The van der Waals surface area contributed by atoms with Gasteiger partial charge in [0.15, 0.2) is 6.29 Å². The van der Waals surface area contributed by atoms with Crippen molar-refractivity contribution in [1.82, 2.24) is 9.78 Å². The predicted molar refractivity (Wildman–Crippen MR) is 98.2 cm³/mol. The zero-order chi connectivity index (χ0) is 17.2. The van der Waals surface area contributed by atoms with Gasteiger partial charge in [-0.05, 0) is 38.7 Å². The van der Waals surface area contributed by atoms with E-state index in [0.29, 0.717) is 6.61 Å². The normalized spacial score (nSPS) is 20.0. The average molecular weight is 331 g/mol. The van der Waals surface area contributed by atoms with E-state index in [9.17, 15) is 0 Å². The topological polar surface area (TPSA) is 48.6 Å². The van der Waals surface area contributed by atoms with E-state index in [1.54, 1.807) is 7.05 Å². The molecule has 0 aromatic carbocycles. The molecule has 1 saturated heterocycles. The van der Waals surface area contributed by atoms with Crippen molar-refractivity contribution in [2.75, 3.05) is 20.3 Å². The molecule has 0 N–H and O–H groups in total. The van der Waals surface area contributed by atoms with Gasteiger partial charge in [-0.15, -0.1) is 0 Å². The number of nitrogens with zero attached hydrogens (tertiary/aromatic N) is 3. The van der Waals surface area contributed by atoms with E-state index in [2.05, 4.69) is 42.3 Å². The molecule has 0 spiro atoms. The Labute approximate surface area is 145 Å². The van der Waals surface area contributed by atoms with E-state index in [1.807, 2.05) is 17.1 Å². The molecular weight excluding hydrogens is 302 g/mol. The Morgan fingerprint density at radius 2 is 2.29 bits per heavy atom. The Morgan fingerprint density at radius 3 is 3.04 bits per heavy atom. The van der Waals surface area contributed by atoms with Crippen LogP contribution in [0.25, 0.3) is 5.57 Å². The molecule has 1 aromatic heterocycles. The number of hydrogen-bond acceptors (Lipinski definition) is 4. The van der Waals surface area contributed by atoms with Crippen LogP contribution in [0.15, 0.2) is 35.1 Å². The molecule has 132 valence electrons. The molecule has 0 bridgehead atoms. The highest BCUT2D eigenvalue weighted by Gasteiger charge is 2.13. The van der Waals surface area contributed by atoms with E-state index in [0.717, 1.165) is 38.0 Å². The van der Waals surface area contributed by atoms with E-state index in [-0.39, 0.29) is 6.29 Å². The highest BCUT2D eigenvalue weighted by Crippen LogP contribution is 2.15. The molecule has 24 heavy (non-hydrogen) atoms. The van der Waals surface area contributed by atoms with Crippen LogP contribution in [0.4, 0.5) is 0 Å². The lowest BCUT2D eigenvalue weighted by molar-refractivity contribution is -0.163. The first kappa shape index (κ1) is 18.6.